The van der Waals surface area contributed by atoms with Crippen LogP contribution in [0.3, 0.4) is 0 Å². The van der Waals surface area contributed by atoms with Crippen LogP contribution in [0.5, 0.6) is 0 Å². The maximum Gasteiger partial charge on any atom is 0.255 e. The Labute approximate surface area is 123 Å². The molecule has 3 nitrogen and oxygen atoms in total. The number of amides is 1. The van der Waals surface area contributed by atoms with Gasteiger partial charge in [-0.3, -0.25) is 4.79 Å². The molecule has 0 N–H and O–H groups in total. The predicted molar refractivity (Wildman–Crippen MR) is 79.2 cm³/mol. The Morgan fingerprint density at radius 2 is 2.16 bits per heavy atom. The van der Waals surface area contributed by atoms with Crippen molar-refractivity contribution >= 4 is 21.8 Å². The predicted octanol–water partition coefficient (Wildman–Crippen LogP) is 3.34. The van der Waals surface area contributed by atoms with E-state index in [0.717, 1.165) is 10.0 Å². The number of carbonyl (C=O) groups is 1. The van der Waals surface area contributed by atoms with E-state index in [9.17, 15) is 4.79 Å². The number of carbonyl (C=O) groups excluding carboxylic acids is 1. The van der Waals surface area contributed by atoms with Crippen LogP contribution in [0.2, 0.25) is 0 Å². The molecule has 1 amide bonds. The Balaban J connectivity index is 2.17. The molecule has 4 heteroatoms. The van der Waals surface area contributed by atoms with E-state index in [0.29, 0.717) is 19.1 Å². The highest BCUT2D eigenvalue weighted by Crippen LogP contribution is 2.35. The maximum absolute atomic E-state index is 12.7. The second kappa shape index (κ2) is 6.53. The molecule has 0 aromatic heterocycles. The summed E-state index contributed by atoms with van der Waals surface area (Å²) in [6.45, 7) is 3.36. The van der Waals surface area contributed by atoms with E-state index in [1.54, 1.807) is 7.11 Å². The molecule has 1 aliphatic rings. The van der Waals surface area contributed by atoms with Crippen molar-refractivity contribution in [2.75, 3.05) is 20.3 Å². The van der Waals surface area contributed by atoms with E-state index >= 15 is 0 Å². The van der Waals surface area contributed by atoms with Gasteiger partial charge in [0.1, 0.15) is 0 Å². The zero-order chi connectivity index (χ0) is 13.8. The highest BCUT2D eigenvalue weighted by molar-refractivity contribution is 9.10. The molecule has 0 spiro atoms. The summed E-state index contributed by atoms with van der Waals surface area (Å²) in [4.78, 5) is 14.6. The van der Waals surface area contributed by atoms with Gasteiger partial charge in [-0.25, -0.2) is 0 Å². The average Bonchev–Trinajstić information content (AvgIpc) is 3.23. The van der Waals surface area contributed by atoms with Crippen LogP contribution in [0.4, 0.5) is 0 Å². The van der Waals surface area contributed by atoms with Gasteiger partial charge in [0.15, 0.2) is 0 Å². The van der Waals surface area contributed by atoms with E-state index < -0.39 is 0 Å². The van der Waals surface area contributed by atoms with E-state index in [2.05, 4.69) is 22.9 Å². The van der Waals surface area contributed by atoms with Crippen LogP contribution in [-0.2, 0) is 4.74 Å². The minimum absolute atomic E-state index is 0.0870. The zero-order valence-electron chi connectivity index (χ0n) is 11.4. The van der Waals surface area contributed by atoms with Gasteiger partial charge in [0.2, 0.25) is 0 Å². The first-order chi connectivity index (χ1) is 9.15. The average molecular weight is 326 g/mol. The van der Waals surface area contributed by atoms with Crippen molar-refractivity contribution in [3.63, 3.8) is 0 Å². The summed E-state index contributed by atoms with van der Waals surface area (Å²) in [6, 6.07) is 7.88. The smallest absolute Gasteiger partial charge is 0.255 e. The van der Waals surface area contributed by atoms with Crippen LogP contribution in [0.1, 0.15) is 30.1 Å². The number of rotatable bonds is 6. The zero-order valence-corrected chi connectivity index (χ0v) is 13.0. The lowest BCUT2D eigenvalue weighted by atomic mass is 10.1. The molecule has 0 saturated heterocycles. The molecule has 1 saturated carbocycles. The summed E-state index contributed by atoms with van der Waals surface area (Å²) < 4.78 is 5.99. The molecule has 0 bridgehead atoms. The fourth-order valence-electron chi connectivity index (χ4n) is 2.30. The molecule has 1 atom stereocenters. The lowest BCUT2D eigenvalue weighted by Gasteiger charge is -2.29. The monoisotopic (exact) mass is 325 g/mol. The van der Waals surface area contributed by atoms with Gasteiger partial charge in [-0.2, -0.15) is 0 Å². The highest BCUT2D eigenvalue weighted by Gasteiger charge is 2.34. The SMILES string of the molecule is COCCN(C(=O)c1ccccc1Br)C(C)C1CC1. The van der Waals surface area contributed by atoms with Gasteiger partial charge in [-0.15, -0.1) is 0 Å². The molecular weight excluding hydrogens is 306 g/mol. The molecule has 0 radical (unpaired) electrons. The van der Waals surface area contributed by atoms with Crippen LogP contribution in [0, 0.1) is 5.92 Å². The minimum atomic E-state index is 0.0870. The first-order valence-corrected chi connectivity index (χ1v) is 7.49. The van der Waals surface area contributed by atoms with E-state index in [4.69, 9.17) is 4.74 Å². The van der Waals surface area contributed by atoms with Crippen LogP contribution in [-0.4, -0.2) is 37.1 Å². The number of nitrogens with zero attached hydrogens (tertiary/aromatic N) is 1. The summed E-state index contributed by atoms with van der Waals surface area (Å²) in [6.07, 6.45) is 2.46. The van der Waals surface area contributed by atoms with Gasteiger partial charge < -0.3 is 9.64 Å². The molecule has 19 heavy (non-hydrogen) atoms. The number of benzene rings is 1. The van der Waals surface area contributed by atoms with Crippen molar-refractivity contribution in [1.82, 2.24) is 4.90 Å². The number of hydrogen-bond acceptors (Lipinski definition) is 2. The molecule has 2 rings (SSSR count). The number of hydrogen-bond donors (Lipinski definition) is 0. The molecular formula is C15H20BrNO2. The second-order valence-corrected chi connectivity index (χ2v) is 5.90. The van der Waals surface area contributed by atoms with Crippen molar-refractivity contribution in [3.05, 3.63) is 34.3 Å². The Morgan fingerprint density at radius 3 is 2.74 bits per heavy atom. The fourth-order valence-corrected chi connectivity index (χ4v) is 2.76. The summed E-state index contributed by atoms with van der Waals surface area (Å²) in [5.41, 5.74) is 0.728. The fraction of sp³-hybridized carbons (Fsp3) is 0.533. The van der Waals surface area contributed by atoms with E-state index in [1.165, 1.54) is 12.8 Å². The van der Waals surface area contributed by atoms with Gasteiger partial charge in [0, 0.05) is 24.2 Å². The van der Waals surface area contributed by atoms with Crippen molar-refractivity contribution < 1.29 is 9.53 Å². The number of ether oxygens (including phenoxy) is 1. The maximum atomic E-state index is 12.7. The normalized spacial score (nSPS) is 16.2. The Bertz CT molecular complexity index is 446. The molecule has 1 fully saturated rings. The van der Waals surface area contributed by atoms with Gasteiger partial charge in [0.25, 0.3) is 5.91 Å². The summed E-state index contributed by atoms with van der Waals surface area (Å²) in [7, 11) is 1.67. The Kier molecular flexibility index (Phi) is 4.99. The second-order valence-electron chi connectivity index (χ2n) is 5.05. The van der Waals surface area contributed by atoms with Crippen molar-refractivity contribution in [1.29, 1.82) is 0 Å². The third-order valence-electron chi connectivity index (χ3n) is 3.70. The number of methoxy groups -OCH3 is 1. The largest absolute Gasteiger partial charge is 0.383 e. The molecule has 104 valence electrons. The van der Waals surface area contributed by atoms with Gasteiger partial charge in [-0.1, -0.05) is 12.1 Å². The standard InChI is InChI=1S/C15H20BrNO2/c1-11(12-7-8-12)17(9-10-19-2)15(18)13-5-3-4-6-14(13)16/h3-6,11-12H,7-10H2,1-2H3. The highest BCUT2D eigenvalue weighted by atomic mass is 79.9. The summed E-state index contributed by atoms with van der Waals surface area (Å²) in [5, 5.41) is 0. The van der Waals surface area contributed by atoms with Crippen LogP contribution < -0.4 is 0 Å². The summed E-state index contributed by atoms with van der Waals surface area (Å²) >= 11 is 3.46. The first kappa shape index (κ1) is 14.5. The minimum Gasteiger partial charge on any atom is -0.383 e. The molecule has 1 aromatic rings. The first-order valence-electron chi connectivity index (χ1n) is 6.69. The van der Waals surface area contributed by atoms with Gasteiger partial charge >= 0.3 is 0 Å². The molecule has 1 aromatic carbocycles. The molecule has 1 aliphatic carbocycles. The third kappa shape index (κ3) is 3.57. The molecule has 0 heterocycles. The van der Waals surface area contributed by atoms with Crippen molar-refractivity contribution in [3.8, 4) is 0 Å². The van der Waals surface area contributed by atoms with Crippen molar-refractivity contribution in [2.24, 2.45) is 5.92 Å². The topological polar surface area (TPSA) is 29.5 Å². The van der Waals surface area contributed by atoms with Crippen LogP contribution in [0.25, 0.3) is 0 Å². The van der Waals surface area contributed by atoms with Gasteiger partial charge in [0.05, 0.1) is 12.2 Å². The third-order valence-corrected chi connectivity index (χ3v) is 4.39. The lowest BCUT2D eigenvalue weighted by Crippen LogP contribution is -2.42. The van der Waals surface area contributed by atoms with Crippen LogP contribution in [0.15, 0.2) is 28.7 Å². The Hall–Kier alpha value is -0.870. The Morgan fingerprint density at radius 1 is 1.47 bits per heavy atom. The lowest BCUT2D eigenvalue weighted by molar-refractivity contribution is 0.0594. The van der Waals surface area contributed by atoms with E-state index in [1.807, 2.05) is 29.2 Å². The van der Waals surface area contributed by atoms with Crippen LogP contribution >= 0.6 is 15.9 Å². The quantitative estimate of drug-likeness (QED) is 0.802. The molecule has 1 unspecified atom stereocenters. The number of halogens is 1. The molecule has 0 aliphatic heterocycles. The van der Waals surface area contributed by atoms with Crippen molar-refractivity contribution in [2.45, 2.75) is 25.8 Å². The van der Waals surface area contributed by atoms with E-state index in [-0.39, 0.29) is 11.9 Å². The summed E-state index contributed by atoms with van der Waals surface area (Å²) in [5.74, 6) is 0.743. The van der Waals surface area contributed by atoms with Gasteiger partial charge in [-0.05, 0) is 53.7 Å².